The molecule has 0 aromatic carbocycles. The van der Waals surface area contributed by atoms with Gasteiger partial charge < -0.3 is 14.3 Å². The third kappa shape index (κ3) is 2.52. The second-order valence-corrected chi connectivity index (χ2v) is 6.65. The maximum atomic E-state index is 10.6. The molecule has 1 fully saturated rings. The van der Waals surface area contributed by atoms with Gasteiger partial charge in [0.25, 0.3) is 0 Å². The van der Waals surface area contributed by atoms with Gasteiger partial charge in [-0.05, 0) is 26.0 Å². The van der Waals surface area contributed by atoms with E-state index < -0.39 is 0 Å². The number of thiazole rings is 1. The fourth-order valence-corrected chi connectivity index (χ4v) is 4.08. The van der Waals surface area contributed by atoms with Gasteiger partial charge in [0, 0.05) is 13.1 Å². The number of rotatable bonds is 3. The number of nitrogens with zero attached hydrogens (tertiary/aromatic N) is 4. The van der Waals surface area contributed by atoms with Crippen LogP contribution in [0.15, 0.2) is 16.5 Å². The monoisotopic (exact) mass is 334 g/mol. The quantitative estimate of drug-likeness (QED) is 0.791. The lowest BCUT2D eigenvalue weighted by Crippen LogP contribution is -2.39. The average molecular weight is 334 g/mol. The van der Waals surface area contributed by atoms with Crippen LogP contribution in [0.5, 0.6) is 5.88 Å². The molecule has 7 nitrogen and oxygen atoms in total. The second kappa shape index (κ2) is 5.63. The van der Waals surface area contributed by atoms with Crippen LogP contribution in [0.4, 0.5) is 0 Å². The molecule has 0 unspecified atom stereocenters. The van der Waals surface area contributed by atoms with Crippen molar-refractivity contribution in [3.63, 3.8) is 0 Å². The number of aromatic nitrogens is 3. The van der Waals surface area contributed by atoms with Crippen LogP contribution in [-0.2, 0) is 4.74 Å². The van der Waals surface area contributed by atoms with Gasteiger partial charge in [0.05, 0.1) is 18.1 Å². The van der Waals surface area contributed by atoms with E-state index in [1.54, 1.807) is 0 Å². The molecule has 1 aliphatic rings. The van der Waals surface area contributed by atoms with E-state index in [0.717, 1.165) is 29.5 Å². The summed E-state index contributed by atoms with van der Waals surface area (Å²) in [7, 11) is 0. The van der Waals surface area contributed by atoms with Crippen molar-refractivity contribution in [3.05, 3.63) is 34.4 Å². The van der Waals surface area contributed by atoms with Crippen LogP contribution in [0.3, 0.4) is 0 Å². The summed E-state index contributed by atoms with van der Waals surface area (Å²) in [5.41, 5.74) is 0. The largest absolute Gasteiger partial charge is 0.492 e. The minimum atomic E-state index is -0.151. The number of morpholine rings is 1. The molecule has 4 rings (SSSR count). The Morgan fingerprint density at radius 2 is 2.04 bits per heavy atom. The molecule has 1 N–H and O–H groups in total. The Balaban J connectivity index is 1.82. The minimum absolute atomic E-state index is 0.135. The number of aromatic hydroxyl groups is 1. The summed E-state index contributed by atoms with van der Waals surface area (Å²) in [6, 6.07) is 3.76. The molecule has 3 aromatic rings. The number of hydrogen-bond acceptors (Lipinski definition) is 7. The third-order valence-electron chi connectivity index (χ3n) is 4.00. The van der Waals surface area contributed by atoms with E-state index in [2.05, 4.69) is 15.0 Å². The lowest BCUT2D eigenvalue weighted by molar-refractivity contribution is 0.0202. The van der Waals surface area contributed by atoms with E-state index in [4.69, 9.17) is 9.15 Å². The topological polar surface area (TPSA) is 76.0 Å². The zero-order valence-electron chi connectivity index (χ0n) is 13.0. The third-order valence-corrected chi connectivity index (χ3v) is 5.07. The average Bonchev–Trinajstić information content (AvgIpc) is 3.19. The lowest BCUT2D eigenvalue weighted by Gasteiger charge is -2.32. The van der Waals surface area contributed by atoms with Crippen molar-refractivity contribution in [3.8, 4) is 5.88 Å². The highest BCUT2D eigenvalue weighted by Crippen LogP contribution is 2.40. The van der Waals surface area contributed by atoms with Crippen LogP contribution in [0, 0.1) is 13.8 Å². The Morgan fingerprint density at radius 1 is 1.26 bits per heavy atom. The first-order valence-electron chi connectivity index (χ1n) is 7.56. The highest BCUT2D eigenvalue weighted by Gasteiger charge is 2.32. The fraction of sp³-hybridized carbons (Fsp3) is 0.467. The Hall–Kier alpha value is -1.90. The number of furan rings is 1. The number of aryl methyl sites for hydroxylation is 2. The van der Waals surface area contributed by atoms with E-state index in [0.29, 0.717) is 24.0 Å². The summed E-state index contributed by atoms with van der Waals surface area (Å²) < 4.78 is 12.8. The van der Waals surface area contributed by atoms with Crippen molar-refractivity contribution >= 4 is 16.3 Å². The molecule has 0 aliphatic carbocycles. The molecule has 1 saturated heterocycles. The van der Waals surface area contributed by atoms with Crippen molar-refractivity contribution in [2.45, 2.75) is 19.9 Å². The molecule has 0 spiro atoms. The van der Waals surface area contributed by atoms with Gasteiger partial charge >= 0.3 is 0 Å². The van der Waals surface area contributed by atoms with Crippen LogP contribution in [0.1, 0.15) is 28.3 Å². The summed E-state index contributed by atoms with van der Waals surface area (Å²) in [6.45, 7) is 6.67. The molecule has 1 aliphatic heterocycles. The number of fused-ring (bicyclic) bond motifs is 1. The van der Waals surface area contributed by atoms with E-state index >= 15 is 0 Å². The van der Waals surface area contributed by atoms with E-state index in [1.165, 1.54) is 15.9 Å². The normalized spacial score (nSPS) is 17.8. The van der Waals surface area contributed by atoms with Crippen LogP contribution < -0.4 is 0 Å². The maximum absolute atomic E-state index is 10.6. The highest BCUT2D eigenvalue weighted by molar-refractivity contribution is 7.17. The molecular formula is C15H18N4O3S. The molecule has 0 saturated carbocycles. The van der Waals surface area contributed by atoms with Crippen LogP contribution >= 0.6 is 11.3 Å². The first kappa shape index (κ1) is 14.7. The summed E-state index contributed by atoms with van der Waals surface area (Å²) in [6.07, 6.45) is 0. The Labute approximate surface area is 137 Å². The Morgan fingerprint density at radius 3 is 2.70 bits per heavy atom. The predicted octanol–water partition coefficient (Wildman–Crippen LogP) is 2.13. The molecule has 8 heteroatoms. The predicted molar refractivity (Wildman–Crippen MR) is 84.9 cm³/mol. The van der Waals surface area contributed by atoms with Gasteiger partial charge in [0.15, 0.2) is 0 Å². The van der Waals surface area contributed by atoms with Gasteiger partial charge in [-0.1, -0.05) is 11.3 Å². The Kier molecular flexibility index (Phi) is 3.59. The minimum Gasteiger partial charge on any atom is -0.492 e. The van der Waals surface area contributed by atoms with Crippen molar-refractivity contribution in [2.24, 2.45) is 0 Å². The molecule has 3 aromatic heterocycles. The molecule has 122 valence electrons. The van der Waals surface area contributed by atoms with Crippen molar-refractivity contribution in [1.82, 2.24) is 19.5 Å². The SMILES string of the molecule is Cc1nc2sc([C@H](c3ccc(C)o3)N3CCOCC3)c(O)n2n1. The first-order valence-corrected chi connectivity index (χ1v) is 8.38. The van der Waals surface area contributed by atoms with Gasteiger partial charge in [-0.15, -0.1) is 5.10 Å². The van der Waals surface area contributed by atoms with Gasteiger partial charge in [-0.25, -0.2) is 4.98 Å². The molecule has 0 amide bonds. The van der Waals surface area contributed by atoms with Gasteiger partial charge in [-0.3, -0.25) is 4.90 Å². The molecular weight excluding hydrogens is 316 g/mol. The molecule has 4 heterocycles. The molecule has 23 heavy (non-hydrogen) atoms. The second-order valence-electron chi connectivity index (χ2n) is 5.64. The van der Waals surface area contributed by atoms with Gasteiger partial charge in [0.2, 0.25) is 10.8 Å². The zero-order valence-corrected chi connectivity index (χ0v) is 13.8. The molecule has 0 radical (unpaired) electrons. The van der Waals surface area contributed by atoms with E-state index in [1.807, 2.05) is 26.0 Å². The van der Waals surface area contributed by atoms with E-state index in [-0.39, 0.29) is 11.9 Å². The first-order chi connectivity index (χ1) is 11.1. The van der Waals surface area contributed by atoms with E-state index in [9.17, 15) is 5.11 Å². The zero-order chi connectivity index (χ0) is 16.0. The van der Waals surface area contributed by atoms with Crippen molar-refractivity contribution < 1.29 is 14.3 Å². The molecule has 0 bridgehead atoms. The highest BCUT2D eigenvalue weighted by atomic mass is 32.1. The lowest BCUT2D eigenvalue weighted by atomic mass is 10.1. The summed E-state index contributed by atoms with van der Waals surface area (Å²) in [4.78, 5) is 8.11. The standard InChI is InChI=1S/C15H18N4O3S/c1-9-3-4-11(22-9)12(18-5-7-21-8-6-18)13-14(20)19-15(23-13)16-10(2)17-19/h3-4,12,20H,5-8H2,1-2H3/t12-/m0/s1. The van der Waals surface area contributed by atoms with Crippen LogP contribution in [0.25, 0.3) is 4.96 Å². The van der Waals surface area contributed by atoms with Crippen LogP contribution in [0.2, 0.25) is 0 Å². The smallest absolute Gasteiger partial charge is 0.230 e. The van der Waals surface area contributed by atoms with Crippen LogP contribution in [-0.4, -0.2) is 50.9 Å². The fourth-order valence-electron chi connectivity index (χ4n) is 2.94. The van der Waals surface area contributed by atoms with Gasteiger partial charge in [-0.2, -0.15) is 4.52 Å². The maximum Gasteiger partial charge on any atom is 0.230 e. The Bertz CT molecular complexity index is 831. The number of ether oxygens (including phenoxy) is 1. The van der Waals surface area contributed by atoms with Crippen molar-refractivity contribution in [1.29, 1.82) is 0 Å². The molecule has 1 atom stereocenters. The summed E-state index contributed by atoms with van der Waals surface area (Å²) in [5.74, 6) is 2.46. The number of hydrogen-bond donors (Lipinski definition) is 1. The van der Waals surface area contributed by atoms with Gasteiger partial charge in [0.1, 0.15) is 23.4 Å². The van der Waals surface area contributed by atoms with Crippen molar-refractivity contribution in [2.75, 3.05) is 26.3 Å². The summed E-state index contributed by atoms with van der Waals surface area (Å²) >= 11 is 1.45. The summed E-state index contributed by atoms with van der Waals surface area (Å²) in [5, 5.41) is 14.9.